The minimum atomic E-state index is -0.0216. The summed E-state index contributed by atoms with van der Waals surface area (Å²) in [5.41, 5.74) is 5.99. The Balaban J connectivity index is 1.75. The van der Waals surface area contributed by atoms with Crippen molar-refractivity contribution in [2.24, 2.45) is 11.7 Å². The molecule has 0 radical (unpaired) electrons. The maximum Gasteiger partial charge on any atom is 0.224 e. The molecule has 1 saturated heterocycles. The molecular weight excluding hydrogens is 270 g/mol. The lowest BCUT2D eigenvalue weighted by atomic mass is 10.0. The molecule has 1 amide bonds. The van der Waals surface area contributed by atoms with E-state index in [1.54, 1.807) is 11.3 Å². The predicted molar refractivity (Wildman–Crippen MR) is 83.6 cm³/mol. The molecule has 1 aliphatic heterocycles. The molecule has 2 rings (SSSR count). The molecular formula is C15H25N3OS. The fourth-order valence-corrected chi connectivity index (χ4v) is 3.09. The Morgan fingerprint density at radius 1 is 1.35 bits per heavy atom. The number of rotatable bonds is 5. The van der Waals surface area contributed by atoms with E-state index in [1.807, 2.05) is 4.90 Å². The number of thiophene rings is 1. The van der Waals surface area contributed by atoms with E-state index in [1.165, 1.54) is 4.88 Å². The minimum absolute atomic E-state index is 0.0216. The monoisotopic (exact) mass is 295 g/mol. The summed E-state index contributed by atoms with van der Waals surface area (Å²) in [5.74, 6) is 0.570. The molecule has 112 valence electrons. The highest BCUT2D eigenvalue weighted by atomic mass is 32.1. The first kappa shape index (κ1) is 15.5. The Labute approximate surface area is 125 Å². The van der Waals surface area contributed by atoms with Gasteiger partial charge in [-0.3, -0.25) is 9.69 Å². The summed E-state index contributed by atoms with van der Waals surface area (Å²) in [6.07, 6.45) is 0.475. The molecule has 2 heterocycles. The van der Waals surface area contributed by atoms with E-state index in [0.717, 1.165) is 32.7 Å². The van der Waals surface area contributed by atoms with Crippen molar-refractivity contribution in [3.63, 3.8) is 0 Å². The van der Waals surface area contributed by atoms with Crippen LogP contribution in [0.5, 0.6) is 0 Å². The number of nitrogens with two attached hydrogens (primary N) is 1. The van der Waals surface area contributed by atoms with Crippen molar-refractivity contribution in [2.75, 3.05) is 26.2 Å². The molecule has 5 heteroatoms. The van der Waals surface area contributed by atoms with Crippen LogP contribution >= 0.6 is 11.3 Å². The van der Waals surface area contributed by atoms with Crippen LogP contribution in [0, 0.1) is 5.92 Å². The zero-order valence-electron chi connectivity index (χ0n) is 12.4. The summed E-state index contributed by atoms with van der Waals surface area (Å²) in [6.45, 7) is 8.71. The summed E-state index contributed by atoms with van der Waals surface area (Å²) in [5, 5.41) is 2.11. The first-order valence-corrected chi connectivity index (χ1v) is 8.22. The highest BCUT2D eigenvalue weighted by Gasteiger charge is 2.23. The van der Waals surface area contributed by atoms with Gasteiger partial charge in [0.05, 0.1) is 0 Å². The van der Waals surface area contributed by atoms with Crippen LogP contribution in [-0.2, 0) is 11.3 Å². The van der Waals surface area contributed by atoms with Gasteiger partial charge in [0.15, 0.2) is 0 Å². The van der Waals surface area contributed by atoms with E-state index in [9.17, 15) is 4.79 Å². The van der Waals surface area contributed by atoms with Crippen molar-refractivity contribution < 1.29 is 4.79 Å². The Morgan fingerprint density at radius 3 is 2.60 bits per heavy atom. The van der Waals surface area contributed by atoms with Gasteiger partial charge in [-0.15, -0.1) is 11.3 Å². The molecule has 0 saturated carbocycles. The molecule has 0 bridgehead atoms. The van der Waals surface area contributed by atoms with Gasteiger partial charge in [-0.2, -0.15) is 0 Å². The Morgan fingerprint density at radius 2 is 2.05 bits per heavy atom. The van der Waals surface area contributed by atoms with Gasteiger partial charge in [0.25, 0.3) is 0 Å². The zero-order chi connectivity index (χ0) is 14.5. The number of carbonyl (C=O) groups excluding carboxylic acids is 1. The first-order valence-electron chi connectivity index (χ1n) is 7.34. The SMILES string of the molecule is CC(C)C(N)CC(=O)N1CCN(Cc2cccs2)CC1. The normalized spacial score (nSPS) is 18.5. The third-order valence-corrected chi connectivity index (χ3v) is 4.81. The lowest BCUT2D eigenvalue weighted by molar-refractivity contribution is -0.133. The fraction of sp³-hybridized carbons (Fsp3) is 0.667. The maximum atomic E-state index is 12.2. The van der Waals surface area contributed by atoms with Crippen LogP contribution in [0.2, 0.25) is 0 Å². The number of hydrogen-bond donors (Lipinski definition) is 1. The Bertz CT molecular complexity index is 411. The Hall–Kier alpha value is -0.910. The molecule has 1 atom stereocenters. The van der Waals surface area contributed by atoms with Gasteiger partial charge in [-0.25, -0.2) is 0 Å². The van der Waals surface area contributed by atoms with Crippen molar-refractivity contribution in [1.82, 2.24) is 9.80 Å². The number of amides is 1. The highest BCUT2D eigenvalue weighted by molar-refractivity contribution is 7.09. The summed E-state index contributed by atoms with van der Waals surface area (Å²) < 4.78 is 0. The van der Waals surface area contributed by atoms with Crippen LogP contribution in [0.15, 0.2) is 17.5 Å². The van der Waals surface area contributed by atoms with E-state index in [4.69, 9.17) is 5.73 Å². The third-order valence-electron chi connectivity index (χ3n) is 3.95. The molecule has 20 heavy (non-hydrogen) atoms. The van der Waals surface area contributed by atoms with Crippen LogP contribution in [-0.4, -0.2) is 47.9 Å². The van der Waals surface area contributed by atoms with Crippen molar-refractivity contribution >= 4 is 17.2 Å². The van der Waals surface area contributed by atoms with Gasteiger partial charge in [0.1, 0.15) is 0 Å². The van der Waals surface area contributed by atoms with Crippen molar-refractivity contribution in [3.8, 4) is 0 Å². The molecule has 1 unspecified atom stereocenters. The smallest absolute Gasteiger partial charge is 0.224 e. The molecule has 0 aromatic carbocycles. The quantitative estimate of drug-likeness (QED) is 0.900. The average Bonchev–Trinajstić information content (AvgIpc) is 2.92. The van der Waals surface area contributed by atoms with E-state index in [-0.39, 0.29) is 11.9 Å². The van der Waals surface area contributed by atoms with E-state index >= 15 is 0 Å². The largest absolute Gasteiger partial charge is 0.340 e. The van der Waals surface area contributed by atoms with Crippen molar-refractivity contribution in [2.45, 2.75) is 32.9 Å². The van der Waals surface area contributed by atoms with Gasteiger partial charge in [-0.05, 0) is 17.4 Å². The predicted octanol–water partition coefficient (Wildman–Crippen LogP) is 1.77. The molecule has 2 N–H and O–H groups in total. The molecule has 4 nitrogen and oxygen atoms in total. The van der Waals surface area contributed by atoms with Gasteiger partial charge in [0.2, 0.25) is 5.91 Å². The number of nitrogens with zero attached hydrogens (tertiary/aromatic N) is 2. The highest BCUT2D eigenvalue weighted by Crippen LogP contribution is 2.14. The van der Waals surface area contributed by atoms with Crippen LogP contribution in [0.1, 0.15) is 25.1 Å². The molecule has 1 aromatic heterocycles. The standard InChI is InChI=1S/C15H25N3OS/c1-12(2)14(16)10-15(19)18-7-5-17(6-8-18)11-13-4-3-9-20-13/h3-4,9,12,14H,5-8,10-11,16H2,1-2H3. The molecule has 0 spiro atoms. The molecule has 1 fully saturated rings. The summed E-state index contributed by atoms with van der Waals surface area (Å²) >= 11 is 1.80. The molecule has 1 aliphatic rings. The van der Waals surface area contributed by atoms with Crippen LogP contribution in [0.3, 0.4) is 0 Å². The first-order chi connectivity index (χ1) is 9.56. The minimum Gasteiger partial charge on any atom is -0.340 e. The van der Waals surface area contributed by atoms with Gasteiger partial charge in [-0.1, -0.05) is 19.9 Å². The second kappa shape index (κ2) is 7.20. The topological polar surface area (TPSA) is 49.6 Å². The fourth-order valence-electron chi connectivity index (χ4n) is 2.34. The summed E-state index contributed by atoms with van der Waals surface area (Å²) in [4.78, 5) is 17.9. The van der Waals surface area contributed by atoms with Crippen LogP contribution in [0.4, 0.5) is 0 Å². The second-order valence-electron chi connectivity index (χ2n) is 5.85. The van der Waals surface area contributed by atoms with Gasteiger partial charge >= 0.3 is 0 Å². The van der Waals surface area contributed by atoms with Crippen LogP contribution < -0.4 is 5.73 Å². The Kier molecular flexibility index (Phi) is 5.57. The average molecular weight is 295 g/mol. The zero-order valence-corrected chi connectivity index (χ0v) is 13.2. The van der Waals surface area contributed by atoms with Gasteiger partial charge in [0, 0.05) is 50.1 Å². The van der Waals surface area contributed by atoms with Crippen molar-refractivity contribution in [1.29, 1.82) is 0 Å². The lowest BCUT2D eigenvalue weighted by Gasteiger charge is -2.35. The summed E-state index contributed by atoms with van der Waals surface area (Å²) in [6, 6.07) is 4.24. The van der Waals surface area contributed by atoms with Crippen molar-refractivity contribution in [3.05, 3.63) is 22.4 Å². The lowest BCUT2D eigenvalue weighted by Crippen LogP contribution is -2.49. The molecule has 0 aliphatic carbocycles. The third kappa shape index (κ3) is 4.30. The molecule has 1 aromatic rings. The van der Waals surface area contributed by atoms with Crippen LogP contribution in [0.25, 0.3) is 0 Å². The maximum absolute atomic E-state index is 12.2. The van der Waals surface area contributed by atoms with E-state index in [0.29, 0.717) is 12.3 Å². The number of piperazine rings is 1. The second-order valence-corrected chi connectivity index (χ2v) is 6.88. The number of carbonyl (C=O) groups is 1. The van der Waals surface area contributed by atoms with Gasteiger partial charge < -0.3 is 10.6 Å². The summed E-state index contributed by atoms with van der Waals surface area (Å²) in [7, 11) is 0. The van der Waals surface area contributed by atoms with E-state index < -0.39 is 0 Å². The van der Waals surface area contributed by atoms with E-state index in [2.05, 4.69) is 36.3 Å². The number of hydrogen-bond acceptors (Lipinski definition) is 4.